The molecule has 0 bridgehead atoms. The number of nitrogens with two attached hydrogens (primary N) is 1. The molecular weight excluding hydrogens is 216 g/mol. The van der Waals surface area contributed by atoms with E-state index in [1.807, 2.05) is 18.7 Å². The molecule has 0 saturated heterocycles. The van der Waals surface area contributed by atoms with Crippen LogP contribution in [0.4, 0.5) is 5.69 Å². The number of amides is 1. The maximum Gasteiger partial charge on any atom is 0.276 e. The van der Waals surface area contributed by atoms with Crippen molar-refractivity contribution < 1.29 is 4.79 Å². The van der Waals surface area contributed by atoms with Crippen molar-refractivity contribution in [2.45, 2.75) is 33.2 Å². The van der Waals surface area contributed by atoms with Crippen molar-refractivity contribution in [1.82, 2.24) is 14.7 Å². The number of aromatic nitrogens is 2. The first-order valence-corrected chi connectivity index (χ1v) is 6.27. The molecule has 94 valence electrons. The largest absolute Gasteiger partial charge is 0.396 e. The molecule has 1 aromatic heterocycles. The van der Waals surface area contributed by atoms with Crippen LogP contribution in [-0.4, -0.2) is 33.7 Å². The first-order valence-electron chi connectivity index (χ1n) is 6.27. The van der Waals surface area contributed by atoms with E-state index in [1.165, 1.54) is 12.8 Å². The molecule has 0 spiro atoms. The van der Waals surface area contributed by atoms with E-state index < -0.39 is 0 Å². The van der Waals surface area contributed by atoms with Gasteiger partial charge in [-0.25, -0.2) is 0 Å². The highest BCUT2D eigenvalue weighted by Crippen LogP contribution is 2.30. The predicted molar refractivity (Wildman–Crippen MR) is 66.6 cm³/mol. The van der Waals surface area contributed by atoms with Crippen LogP contribution in [0.15, 0.2) is 6.20 Å². The molecule has 1 aliphatic rings. The van der Waals surface area contributed by atoms with E-state index in [-0.39, 0.29) is 5.91 Å². The molecule has 1 aromatic rings. The van der Waals surface area contributed by atoms with Crippen LogP contribution in [-0.2, 0) is 6.54 Å². The summed E-state index contributed by atoms with van der Waals surface area (Å²) >= 11 is 0. The fourth-order valence-corrected chi connectivity index (χ4v) is 1.88. The Bertz CT molecular complexity index is 409. The minimum Gasteiger partial charge on any atom is -0.396 e. The third-order valence-corrected chi connectivity index (χ3v) is 3.16. The summed E-state index contributed by atoms with van der Waals surface area (Å²) in [6.07, 6.45) is 4.20. The van der Waals surface area contributed by atoms with Gasteiger partial charge < -0.3 is 10.6 Å². The van der Waals surface area contributed by atoms with Crippen molar-refractivity contribution in [3.05, 3.63) is 11.9 Å². The Hall–Kier alpha value is -1.52. The third-order valence-electron chi connectivity index (χ3n) is 3.16. The maximum atomic E-state index is 12.3. The van der Waals surface area contributed by atoms with E-state index in [0.29, 0.717) is 23.8 Å². The van der Waals surface area contributed by atoms with Crippen LogP contribution in [0.1, 0.15) is 37.2 Å². The molecule has 2 rings (SSSR count). The van der Waals surface area contributed by atoms with Crippen molar-refractivity contribution in [2.75, 3.05) is 18.8 Å². The molecule has 0 radical (unpaired) electrons. The van der Waals surface area contributed by atoms with E-state index >= 15 is 0 Å². The molecule has 0 unspecified atom stereocenters. The van der Waals surface area contributed by atoms with Crippen molar-refractivity contribution in [2.24, 2.45) is 5.92 Å². The van der Waals surface area contributed by atoms with Gasteiger partial charge in [0, 0.05) is 25.8 Å². The zero-order valence-corrected chi connectivity index (χ0v) is 10.5. The summed E-state index contributed by atoms with van der Waals surface area (Å²) in [6, 6.07) is 0. The van der Waals surface area contributed by atoms with Crippen LogP contribution in [0.25, 0.3) is 0 Å². The summed E-state index contributed by atoms with van der Waals surface area (Å²) < 4.78 is 1.70. The molecule has 1 aliphatic carbocycles. The van der Waals surface area contributed by atoms with Crippen molar-refractivity contribution >= 4 is 11.6 Å². The quantitative estimate of drug-likeness (QED) is 0.839. The number of rotatable bonds is 5. The fourth-order valence-electron chi connectivity index (χ4n) is 1.88. The van der Waals surface area contributed by atoms with Crippen LogP contribution in [0.3, 0.4) is 0 Å². The molecule has 0 atom stereocenters. The molecule has 0 aliphatic heterocycles. The highest BCUT2D eigenvalue weighted by Gasteiger charge is 2.28. The zero-order valence-electron chi connectivity index (χ0n) is 10.5. The van der Waals surface area contributed by atoms with Gasteiger partial charge in [-0.05, 0) is 32.6 Å². The maximum absolute atomic E-state index is 12.3. The first-order chi connectivity index (χ1) is 8.15. The lowest BCUT2D eigenvalue weighted by Crippen LogP contribution is -2.33. The van der Waals surface area contributed by atoms with Gasteiger partial charge in [0.05, 0.1) is 5.69 Å². The smallest absolute Gasteiger partial charge is 0.276 e. The van der Waals surface area contributed by atoms with Crippen LogP contribution >= 0.6 is 0 Å². The topological polar surface area (TPSA) is 64.2 Å². The highest BCUT2D eigenvalue weighted by atomic mass is 16.2. The second-order valence-corrected chi connectivity index (χ2v) is 4.58. The van der Waals surface area contributed by atoms with Gasteiger partial charge in [0.15, 0.2) is 5.69 Å². The average Bonchev–Trinajstić information content (AvgIpc) is 3.07. The molecule has 2 N–H and O–H groups in total. The minimum atomic E-state index is -0.0379. The Morgan fingerprint density at radius 3 is 2.76 bits per heavy atom. The summed E-state index contributed by atoms with van der Waals surface area (Å²) in [5.74, 6) is 0.650. The van der Waals surface area contributed by atoms with Crippen molar-refractivity contribution in [3.8, 4) is 0 Å². The molecular formula is C12H20N4O. The Morgan fingerprint density at radius 2 is 2.29 bits per heavy atom. The average molecular weight is 236 g/mol. The summed E-state index contributed by atoms with van der Waals surface area (Å²) in [7, 11) is 0. The normalized spacial score (nSPS) is 14.9. The SMILES string of the molecule is CCN(CC1CC1)C(=O)c1nn(CC)cc1N. The second-order valence-electron chi connectivity index (χ2n) is 4.58. The van der Waals surface area contributed by atoms with E-state index in [4.69, 9.17) is 5.73 Å². The number of anilines is 1. The van der Waals surface area contributed by atoms with E-state index in [9.17, 15) is 4.79 Å². The van der Waals surface area contributed by atoms with E-state index in [0.717, 1.165) is 13.1 Å². The van der Waals surface area contributed by atoms with Crippen molar-refractivity contribution in [3.63, 3.8) is 0 Å². The number of aryl methyl sites for hydroxylation is 1. The van der Waals surface area contributed by atoms with Gasteiger partial charge in [-0.1, -0.05) is 0 Å². The monoisotopic (exact) mass is 236 g/mol. The molecule has 1 amide bonds. The number of nitrogen functional groups attached to an aromatic ring is 1. The van der Waals surface area contributed by atoms with Crippen LogP contribution in [0, 0.1) is 5.92 Å². The number of hydrogen-bond acceptors (Lipinski definition) is 3. The van der Waals surface area contributed by atoms with E-state index in [2.05, 4.69) is 5.10 Å². The second kappa shape index (κ2) is 4.77. The molecule has 17 heavy (non-hydrogen) atoms. The number of carbonyl (C=O) groups is 1. The predicted octanol–water partition coefficient (Wildman–Crippen LogP) is 1.36. The van der Waals surface area contributed by atoms with Gasteiger partial charge in [-0.2, -0.15) is 5.10 Å². The first kappa shape index (κ1) is 12.0. The van der Waals surface area contributed by atoms with Gasteiger partial charge >= 0.3 is 0 Å². The Kier molecular flexibility index (Phi) is 3.36. The fraction of sp³-hybridized carbons (Fsp3) is 0.667. The van der Waals surface area contributed by atoms with Crippen LogP contribution in [0.2, 0.25) is 0 Å². The molecule has 5 nitrogen and oxygen atoms in total. The lowest BCUT2D eigenvalue weighted by molar-refractivity contribution is 0.0751. The Morgan fingerprint density at radius 1 is 1.59 bits per heavy atom. The molecule has 0 aromatic carbocycles. The number of carbonyl (C=O) groups excluding carboxylic acids is 1. The summed E-state index contributed by atoms with van der Waals surface area (Å²) in [5.41, 5.74) is 6.70. The Labute approximate surface area is 102 Å². The van der Waals surface area contributed by atoms with Gasteiger partial charge in [0.1, 0.15) is 0 Å². The van der Waals surface area contributed by atoms with E-state index in [1.54, 1.807) is 10.9 Å². The van der Waals surface area contributed by atoms with Gasteiger partial charge in [-0.15, -0.1) is 0 Å². The standard InChI is InChI=1S/C12H20N4O/c1-3-15(7-9-5-6-9)12(17)11-10(13)8-16(4-2)14-11/h8-9H,3-7,13H2,1-2H3. The third kappa shape index (κ3) is 2.60. The summed E-state index contributed by atoms with van der Waals surface area (Å²) in [4.78, 5) is 14.1. The van der Waals surface area contributed by atoms with Crippen molar-refractivity contribution in [1.29, 1.82) is 0 Å². The van der Waals surface area contributed by atoms with Gasteiger partial charge in [0.2, 0.25) is 0 Å². The van der Waals surface area contributed by atoms with Gasteiger partial charge in [-0.3, -0.25) is 9.48 Å². The van der Waals surface area contributed by atoms with Crippen LogP contribution in [0.5, 0.6) is 0 Å². The summed E-state index contributed by atoms with van der Waals surface area (Å²) in [6.45, 7) is 6.25. The molecule has 1 saturated carbocycles. The lowest BCUT2D eigenvalue weighted by atomic mass is 10.3. The number of hydrogen-bond donors (Lipinski definition) is 1. The van der Waals surface area contributed by atoms with Crippen LogP contribution < -0.4 is 5.73 Å². The molecule has 5 heteroatoms. The summed E-state index contributed by atoms with van der Waals surface area (Å²) in [5, 5.41) is 4.23. The molecule has 1 heterocycles. The highest BCUT2D eigenvalue weighted by molar-refractivity contribution is 5.97. The Balaban J connectivity index is 2.12. The number of nitrogens with zero attached hydrogens (tertiary/aromatic N) is 3. The molecule has 1 fully saturated rings. The van der Waals surface area contributed by atoms with Gasteiger partial charge in [0.25, 0.3) is 5.91 Å². The lowest BCUT2D eigenvalue weighted by Gasteiger charge is -2.19. The zero-order chi connectivity index (χ0) is 12.4. The minimum absolute atomic E-state index is 0.0379.